The highest BCUT2D eigenvalue weighted by molar-refractivity contribution is 7.90. The zero-order valence-electron chi connectivity index (χ0n) is 14.5. The molecular formula is C18H22ClFN2O3S. The second-order valence-corrected chi connectivity index (χ2v) is 8.09. The number of hydrogen-bond donors (Lipinski definition) is 2. The number of nitrogens with one attached hydrogen (secondary N) is 1. The van der Waals surface area contributed by atoms with Crippen molar-refractivity contribution in [2.24, 2.45) is 5.73 Å². The Bertz CT molecular complexity index is 855. The number of hydrogen-bond acceptors (Lipinski definition) is 4. The predicted octanol–water partition coefficient (Wildman–Crippen LogP) is 2.59. The molecule has 3 N–H and O–H groups in total. The van der Waals surface area contributed by atoms with Gasteiger partial charge < -0.3 is 11.1 Å². The molecule has 0 fully saturated rings. The van der Waals surface area contributed by atoms with Crippen molar-refractivity contribution in [1.82, 2.24) is 5.32 Å². The summed E-state index contributed by atoms with van der Waals surface area (Å²) in [4.78, 5) is 12.3. The normalized spacial score (nSPS) is 13.4. The van der Waals surface area contributed by atoms with Crippen molar-refractivity contribution in [1.29, 1.82) is 0 Å². The van der Waals surface area contributed by atoms with Gasteiger partial charge in [0.15, 0.2) is 9.84 Å². The van der Waals surface area contributed by atoms with Crippen LogP contribution in [0.5, 0.6) is 0 Å². The summed E-state index contributed by atoms with van der Waals surface area (Å²) in [6.07, 6.45) is 1.25. The van der Waals surface area contributed by atoms with Crippen molar-refractivity contribution >= 4 is 28.2 Å². The number of carbonyl (C=O) groups excluding carboxylic acids is 1. The molecule has 0 aromatic heterocycles. The average molecular weight is 401 g/mol. The first-order chi connectivity index (χ1) is 11.7. The summed E-state index contributed by atoms with van der Waals surface area (Å²) in [7, 11) is -3.39. The van der Waals surface area contributed by atoms with Gasteiger partial charge in [0.05, 0.1) is 10.9 Å². The lowest BCUT2D eigenvalue weighted by Gasteiger charge is -2.21. The zero-order chi connectivity index (χ0) is 18.6. The Kier molecular flexibility index (Phi) is 7.74. The van der Waals surface area contributed by atoms with Gasteiger partial charge in [-0.2, -0.15) is 0 Å². The van der Waals surface area contributed by atoms with Crippen LogP contribution >= 0.6 is 12.4 Å². The first-order valence-electron chi connectivity index (χ1n) is 7.77. The highest BCUT2D eigenvalue weighted by Gasteiger charge is 2.19. The van der Waals surface area contributed by atoms with Gasteiger partial charge in [-0.3, -0.25) is 4.79 Å². The number of rotatable bonds is 6. The van der Waals surface area contributed by atoms with Crippen molar-refractivity contribution in [3.05, 3.63) is 65.5 Å². The van der Waals surface area contributed by atoms with E-state index in [-0.39, 0.29) is 35.7 Å². The van der Waals surface area contributed by atoms with E-state index < -0.39 is 21.7 Å². The van der Waals surface area contributed by atoms with Crippen LogP contribution in [0.15, 0.2) is 53.4 Å². The highest BCUT2D eigenvalue weighted by Crippen LogP contribution is 2.25. The molecule has 0 spiro atoms. The molecule has 0 saturated carbocycles. The maximum Gasteiger partial charge on any atom is 0.222 e. The van der Waals surface area contributed by atoms with Gasteiger partial charge in [-0.25, -0.2) is 12.8 Å². The minimum absolute atomic E-state index is 0. The number of benzene rings is 2. The number of halogens is 2. The lowest BCUT2D eigenvalue weighted by Crippen LogP contribution is -2.33. The molecule has 26 heavy (non-hydrogen) atoms. The van der Waals surface area contributed by atoms with Crippen LogP contribution in [0, 0.1) is 5.82 Å². The molecular weight excluding hydrogens is 379 g/mol. The molecule has 2 unspecified atom stereocenters. The minimum Gasteiger partial charge on any atom is -0.345 e. The van der Waals surface area contributed by atoms with Crippen LogP contribution in [-0.2, 0) is 14.6 Å². The van der Waals surface area contributed by atoms with Crippen LogP contribution in [0.4, 0.5) is 4.39 Å². The Hall–Kier alpha value is -1.96. The van der Waals surface area contributed by atoms with Crippen LogP contribution in [0.25, 0.3) is 0 Å². The molecule has 2 aromatic rings. The van der Waals surface area contributed by atoms with Gasteiger partial charge in [-0.05, 0) is 42.3 Å². The maximum atomic E-state index is 13.2. The summed E-state index contributed by atoms with van der Waals surface area (Å²) < 4.78 is 36.8. The lowest BCUT2D eigenvalue weighted by molar-refractivity contribution is -0.121. The maximum absolute atomic E-state index is 13.2. The summed E-state index contributed by atoms with van der Waals surface area (Å²) in [6, 6.07) is 11.1. The number of sulfone groups is 1. The molecule has 142 valence electrons. The van der Waals surface area contributed by atoms with Crippen LogP contribution < -0.4 is 11.1 Å². The van der Waals surface area contributed by atoms with Crippen molar-refractivity contribution in [3.63, 3.8) is 0 Å². The molecule has 0 aliphatic heterocycles. The Morgan fingerprint density at radius 1 is 1.15 bits per heavy atom. The van der Waals surface area contributed by atoms with E-state index >= 15 is 0 Å². The molecule has 8 heteroatoms. The van der Waals surface area contributed by atoms with Gasteiger partial charge in [-0.1, -0.05) is 24.3 Å². The SMILES string of the molecule is CC(N)CC(=O)NC(c1ccc(F)cc1)c1cccc(S(C)(=O)=O)c1.Cl. The molecule has 0 aliphatic rings. The molecule has 2 aromatic carbocycles. The molecule has 0 radical (unpaired) electrons. The molecule has 2 rings (SSSR count). The van der Waals surface area contributed by atoms with Gasteiger partial charge in [0.2, 0.25) is 5.91 Å². The second kappa shape index (κ2) is 9.12. The number of amides is 1. The third kappa shape index (κ3) is 6.09. The standard InChI is InChI=1S/C18H21FN2O3S.ClH/c1-12(20)10-17(22)21-18(13-6-8-15(19)9-7-13)14-4-3-5-16(11-14)25(2,23)24;/h3-9,11-12,18H,10,20H2,1-2H3,(H,21,22);1H. The van der Waals surface area contributed by atoms with E-state index in [0.29, 0.717) is 11.1 Å². The summed E-state index contributed by atoms with van der Waals surface area (Å²) in [5, 5.41) is 2.84. The van der Waals surface area contributed by atoms with E-state index in [1.165, 1.54) is 24.3 Å². The lowest BCUT2D eigenvalue weighted by atomic mass is 9.98. The minimum atomic E-state index is -3.39. The zero-order valence-corrected chi connectivity index (χ0v) is 16.1. The largest absolute Gasteiger partial charge is 0.345 e. The molecule has 0 saturated heterocycles. The summed E-state index contributed by atoms with van der Waals surface area (Å²) in [6.45, 7) is 1.72. The van der Waals surface area contributed by atoms with Gasteiger partial charge >= 0.3 is 0 Å². The fourth-order valence-electron chi connectivity index (χ4n) is 2.45. The van der Waals surface area contributed by atoms with Crippen LogP contribution in [0.2, 0.25) is 0 Å². The predicted molar refractivity (Wildman–Crippen MR) is 101 cm³/mol. The summed E-state index contributed by atoms with van der Waals surface area (Å²) >= 11 is 0. The quantitative estimate of drug-likeness (QED) is 0.779. The topological polar surface area (TPSA) is 89.3 Å². The monoisotopic (exact) mass is 400 g/mol. The van der Waals surface area contributed by atoms with Gasteiger partial charge in [0, 0.05) is 18.7 Å². The smallest absolute Gasteiger partial charge is 0.222 e. The van der Waals surface area contributed by atoms with E-state index in [0.717, 1.165) is 6.26 Å². The number of carbonyl (C=O) groups is 1. The highest BCUT2D eigenvalue weighted by atomic mass is 35.5. The van der Waals surface area contributed by atoms with E-state index in [9.17, 15) is 17.6 Å². The Morgan fingerprint density at radius 3 is 2.31 bits per heavy atom. The Labute approximate surface area is 159 Å². The van der Waals surface area contributed by atoms with Crippen molar-refractivity contribution in [2.45, 2.75) is 30.3 Å². The van der Waals surface area contributed by atoms with Crippen LogP contribution in [-0.4, -0.2) is 26.6 Å². The van der Waals surface area contributed by atoms with E-state index in [4.69, 9.17) is 5.73 Å². The first kappa shape index (κ1) is 22.1. The fraction of sp³-hybridized carbons (Fsp3) is 0.278. The van der Waals surface area contributed by atoms with E-state index in [2.05, 4.69) is 5.32 Å². The fourth-order valence-corrected chi connectivity index (χ4v) is 3.13. The molecule has 0 bridgehead atoms. The first-order valence-corrected chi connectivity index (χ1v) is 9.66. The van der Waals surface area contributed by atoms with Gasteiger partial charge in [0.25, 0.3) is 0 Å². The molecule has 5 nitrogen and oxygen atoms in total. The van der Waals surface area contributed by atoms with Crippen molar-refractivity contribution in [2.75, 3.05) is 6.26 Å². The molecule has 2 atom stereocenters. The summed E-state index contributed by atoms with van der Waals surface area (Å²) in [5.74, 6) is -0.664. The Balaban J connectivity index is 0.00000338. The molecule has 0 aliphatic carbocycles. The van der Waals surface area contributed by atoms with Crippen molar-refractivity contribution in [3.8, 4) is 0 Å². The van der Waals surface area contributed by atoms with Gasteiger partial charge in [0.1, 0.15) is 5.82 Å². The summed E-state index contributed by atoms with van der Waals surface area (Å²) in [5.41, 5.74) is 6.89. The van der Waals surface area contributed by atoms with E-state index in [1.54, 1.807) is 31.2 Å². The van der Waals surface area contributed by atoms with Crippen LogP contribution in [0.1, 0.15) is 30.5 Å². The third-order valence-electron chi connectivity index (χ3n) is 3.64. The molecule has 1 amide bonds. The van der Waals surface area contributed by atoms with Crippen molar-refractivity contribution < 1.29 is 17.6 Å². The Morgan fingerprint density at radius 2 is 1.77 bits per heavy atom. The van der Waals surface area contributed by atoms with Gasteiger partial charge in [-0.15, -0.1) is 12.4 Å². The third-order valence-corrected chi connectivity index (χ3v) is 4.75. The van der Waals surface area contributed by atoms with Crippen LogP contribution in [0.3, 0.4) is 0 Å². The van der Waals surface area contributed by atoms with E-state index in [1.807, 2.05) is 0 Å². The number of nitrogens with two attached hydrogens (primary N) is 1. The second-order valence-electron chi connectivity index (χ2n) is 6.08. The molecule has 0 heterocycles. The average Bonchev–Trinajstić information content (AvgIpc) is 2.52.